The molecule has 0 saturated carbocycles. The second-order valence-electron chi connectivity index (χ2n) is 4.77. The lowest BCUT2D eigenvalue weighted by molar-refractivity contribution is -0.173. The third-order valence-corrected chi connectivity index (χ3v) is 3.65. The molecule has 0 aliphatic carbocycles. The second kappa shape index (κ2) is 6.41. The molecule has 21 heavy (non-hydrogen) atoms. The summed E-state index contributed by atoms with van der Waals surface area (Å²) in [6.45, 7) is 1.97. The van der Waals surface area contributed by atoms with Crippen molar-refractivity contribution >= 4 is 23.5 Å². The molecule has 1 fully saturated rings. The molecule has 2 rings (SSSR count). The van der Waals surface area contributed by atoms with Crippen LogP contribution in [0, 0.1) is 5.82 Å². The lowest BCUT2D eigenvalue weighted by Gasteiger charge is -2.39. The van der Waals surface area contributed by atoms with Crippen molar-refractivity contribution in [2.45, 2.75) is 25.5 Å². The van der Waals surface area contributed by atoms with Crippen LogP contribution in [0.2, 0.25) is 5.02 Å². The molecule has 1 aliphatic rings. The topological polar surface area (TPSA) is 66.8 Å². The Morgan fingerprint density at radius 3 is 2.86 bits per heavy atom. The Balaban J connectivity index is 2.48. The van der Waals surface area contributed by atoms with Crippen LogP contribution in [0.5, 0.6) is 0 Å². The van der Waals surface area contributed by atoms with Crippen molar-refractivity contribution < 1.29 is 23.8 Å². The Kier molecular flexibility index (Phi) is 4.80. The second-order valence-corrected chi connectivity index (χ2v) is 5.17. The quantitative estimate of drug-likeness (QED) is 0.925. The fourth-order valence-electron chi connectivity index (χ4n) is 2.44. The van der Waals surface area contributed by atoms with Crippen LogP contribution in [0.1, 0.15) is 24.9 Å². The van der Waals surface area contributed by atoms with Crippen LogP contribution in [0.15, 0.2) is 18.2 Å². The first-order valence-corrected chi connectivity index (χ1v) is 6.92. The Bertz CT molecular complexity index is 566. The molecule has 1 saturated heterocycles. The molecule has 1 aliphatic heterocycles. The standard InChI is InChI=1S/C14H15ClFNO4/c1-2-5-17-11(18)7-21-13(14(19)20)12(17)9-4-3-8(16)6-10(9)15/h3-4,6,12-13H,2,5,7H2,1H3,(H,19,20). The van der Waals surface area contributed by atoms with Crippen LogP contribution >= 0.6 is 11.6 Å². The van der Waals surface area contributed by atoms with Crippen molar-refractivity contribution in [3.63, 3.8) is 0 Å². The number of morpholine rings is 1. The largest absolute Gasteiger partial charge is 0.479 e. The van der Waals surface area contributed by atoms with Gasteiger partial charge in [0, 0.05) is 11.6 Å². The van der Waals surface area contributed by atoms with Crippen LogP contribution in [-0.4, -0.2) is 41.1 Å². The van der Waals surface area contributed by atoms with Crippen molar-refractivity contribution in [1.82, 2.24) is 4.90 Å². The van der Waals surface area contributed by atoms with Gasteiger partial charge in [0.25, 0.3) is 0 Å². The van der Waals surface area contributed by atoms with E-state index in [9.17, 15) is 19.1 Å². The fourth-order valence-corrected chi connectivity index (χ4v) is 2.72. The lowest BCUT2D eigenvalue weighted by Crippen LogP contribution is -2.52. The SMILES string of the molecule is CCCN1C(=O)COC(C(=O)O)C1c1ccc(F)cc1Cl. The van der Waals surface area contributed by atoms with Gasteiger partial charge in [-0.2, -0.15) is 0 Å². The van der Waals surface area contributed by atoms with E-state index in [1.54, 1.807) is 0 Å². The summed E-state index contributed by atoms with van der Waals surface area (Å²) in [6.07, 6.45) is -0.565. The first-order chi connectivity index (χ1) is 9.95. The van der Waals surface area contributed by atoms with E-state index >= 15 is 0 Å². The van der Waals surface area contributed by atoms with Gasteiger partial charge in [-0.05, 0) is 24.1 Å². The molecule has 1 heterocycles. The number of nitrogens with zero attached hydrogens (tertiary/aromatic N) is 1. The van der Waals surface area contributed by atoms with Gasteiger partial charge in [-0.25, -0.2) is 9.18 Å². The highest BCUT2D eigenvalue weighted by Gasteiger charge is 2.42. The van der Waals surface area contributed by atoms with Gasteiger partial charge in [0.15, 0.2) is 6.10 Å². The summed E-state index contributed by atoms with van der Waals surface area (Å²) in [6, 6.07) is 2.81. The highest BCUT2D eigenvalue weighted by molar-refractivity contribution is 6.31. The summed E-state index contributed by atoms with van der Waals surface area (Å²) >= 11 is 6.02. The highest BCUT2D eigenvalue weighted by Crippen LogP contribution is 2.35. The first-order valence-electron chi connectivity index (χ1n) is 6.54. The van der Waals surface area contributed by atoms with E-state index < -0.39 is 23.9 Å². The number of ether oxygens (including phenoxy) is 1. The predicted octanol–water partition coefficient (Wildman–Crippen LogP) is 2.24. The molecule has 1 aromatic carbocycles. The lowest BCUT2D eigenvalue weighted by atomic mass is 9.97. The number of carboxylic acids is 1. The van der Waals surface area contributed by atoms with Gasteiger partial charge in [-0.3, -0.25) is 4.79 Å². The van der Waals surface area contributed by atoms with Gasteiger partial charge in [0.05, 0.1) is 6.04 Å². The summed E-state index contributed by atoms with van der Waals surface area (Å²) < 4.78 is 18.3. The van der Waals surface area contributed by atoms with E-state index in [1.165, 1.54) is 17.0 Å². The molecular weight excluding hydrogens is 301 g/mol. The third-order valence-electron chi connectivity index (χ3n) is 3.32. The number of carbonyl (C=O) groups is 2. The summed E-state index contributed by atoms with van der Waals surface area (Å²) in [4.78, 5) is 24.8. The number of hydrogen-bond acceptors (Lipinski definition) is 3. The molecule has 1 aromatic rings. The maximum Gasteiger partial charge on any atom is 0.335 e. The number of rotatable bonds is 4. The number of aliphatic carboxylic acids is 1. The van der Waals surface area contributed by atoms with E-state index in [2.05, 4.69) is 0 Å². The molecule has 2 unspecified atom stereocenters. The molecular formula is C14H15ClFNO4. The number of carbonyl (C=O) groups excluding carboxylic acids is 1. The van der Waals surface area contributed by atoms with Crippen LogP contribution in [0.4, 0.5) is 4.39 Å². The van der Waals surface area contributed by atoms with Crippen molar-refractivity contribution in [3.05, 3.63) is 34.6 Å². The molecule has 114 valence electrons. The van der Waals surface area contributed by atoms with Gasteiger partial charge in [0.1, 0.15) is 12.4 Å². The average Bonchev–Trinajstić information content (AvgIpc) is 2.41. The normalized spacial score (nSPS) is 22.4. The van der Waals surface area contributed by atoms with Gasteiger partial charge in [0.2, 0.25) is 5.91 Å². The number of hydrogen-bond donors (Lipinski definition) is 1. The van der Waals surface area contributed by atoms with Crippen molar-refractivity contribution in [1.29, 1.82) is 0 Å². The molecule has 0 spiro atoms. The summed E-state index contributed by atoms with van der Waals surface area (Å²) in [7, 11) is 0. The monoisotopic (exact) mass is 315 g/mol. The highest BCUT2D eigenvalue weighted by atomic mass is 35.5. The van der Waals surface area contributed by atoms with Crippen molar-refractivity contribution in [2.24, 2.45) is 0 Å². The number of amides is 1. The van der Waals surface area contributed by atoms with Crippen LogP contribution in [0.25, 0.3) is 0 Å². The Labute approximate surface area is 126 Å². The van der Waals surface area contributed by atoms with Gasteiger partial charge in [-0.1, -0.05) is 24.6 Å². The van der Waals surface area contributed by atoms with Gasteiger partial charge < -0.3 is 14.7 Å². The molecule has 0 radical (unpaired) electrons. The number of carboxylic acid groups (broad SMARTS) is 1. The minimum absolute atomic E-state index is 0.0747. The fraction of sp³-hybridized carbons (Fsp3) is 0.429. The minimum Gasteiger partial charge on any atom is -0.479 e. The summed E-state index contributed by atoms with van der Waals surface area (Å²) in [5.41, 5.74) is 0.368. The minimum atomic E-state index is -1.22. The van der Waals surface area contributed by atoms with Crippen molar-refractivity contribution in [2.75, 3.05) is 13.2 Å². The Morgan fingerprint density at radius 2 is 2.29 bits per heavy atom. The summed E-state index contributed by atoms with van der Waals surface area (Å²) in [5, 5.41) is 9.38. The van der Waals surface area contributed by atoms with E-state index in [-0.39, 0.29) is 17.5 Å². The zero-order valence-corrected chi connectivity index (χ0v) is 12.1. The number of halogens is 2. The third kappa shape index (κ3) is 3.16. The van der Waals surface area contributed by atoms with Crippen LogP contribution in [-0.2, 0) is 14.3 Å². The predicted molar refractivity (Wildman–Crippen MR) is 73.5 cm³/mol. The Hall–Kier alpha value is -1.66. The molecule has 0 aromatic heterocycles. The van der Waals surface area contributed by atoms with Gasteiger partial charge in [-0.15, -0.1) is 0 Å². The van der Waals surface area contributed by atoms with E-state index in [1.807, 2.05) is 6.92 Å². The van der Waals surface area contributed by atoms with E-state index in [0.717, 1.165) is 6.07 Å². The number of benzene rings is 1. The molecule has 1 amide bonds. The Morgan fingerprint density at radius 1 is 1.57 bits per heavy atom. The van der Waals surface area contributed by atoms with Crippen LogP contribution in [0.3, 0.4) is 0 Å². The molecule has 7 heteroatoms. The zero-order chi connectivity index (χ0) is 15.6. The molecule has 1 N–H and O–H groups in total. The maximum atomic E-state index is 13.2. The van der Waals surface area contributed by atoms with Crippen LogP contribution < -0.4 is 0 Å². The summed E-state index contributed by atoms with van der Waals surface area (Å²) in [5.74, 6) is -2.02. The molecule has 2 atom stereocenters. The smallest absolute Gasteiger partial charge is 0.335 e. The van der Waals surface area contributed by atoms with E-state index in [0.29, 0.717) is 18.5 Å². The average molecular weight is 316 g/mol. The van der Waals surface area contributed by atoms with E-state index in [4.69, 9.17) is 16.3 Å². The maximum absolute atomic E-state index is 13.2. The first kappa shape index (κ1) is 15.7. The zero-order valence-electron chi connectivity index (χ0n) is 11.4. The molecule has 0 bridgehead atoms. The van der Waals surface area contributed by atoms with Crippen molar-refractivity contribution in [3.8, 4) is 0 Å². The molecule has 5 nitrogen and oxygen atoms in total. The van der Waals surface area contributed by atoms with Gasteiger partial charge >= 0.3 is 5.97 Å².